The van der Waals surface area contributed by atoms with Gasteiger partial charge in [-0.05, 0) is 101 Å². The minimum atomic E-state index is -0.878. The Hall–Kier alpha value is -3.00. The second kappa shape index (κ2) is 16.6. The maximum Gasteiger partial charge on any atom is 0.408 e. The maximum absolute atomic E-state index is 14.5. The highest BCUT2D eigenvalue weighted by Gasteiger charge is 2.37. The largest absolute Gasteiger partial charge is 0.444 e. The molecule has 0 aliphatic heterocycles. The number of rotatable bonds is 14. The lowest BCUT2D eigenvalue weighted by molar-refractivity contribution is -0.141. The predicted octanol–water partition coefficient (Wildman–Crippen LogP) is 7.66. The second-order valence-corrected chi connectivity index (χ2v) is 13.0. The average Bonchev–Trinajstić information content (AvgIpc) is 2.90. The molecule has 0 radical (unpaired) electrons. The molecule has 2 N–H and O–H groups in total. The van der Waals surface area contributed by atoms with Gasteiger partial charge in [-0.25, -0.2) is 4.79 Å². The van der Waals surface area contributed by atoms with Gasteiger partial charge < -0.3 is 20.3 Å². The summed E-state index contributed by atoms with van der Waals surface area (Å²) in [5, 5.41) is 6.01. The van der Waals surface area contributed by atoms with E-state index in [1.165, 1.54) is 0 Å². The molecule has 2 atom stereocenters. The number of ether oxygens (including phenoxy) is 1. The van der Waals surface area contributed by atoms with Gasteiger partial charge in [0.05, 0.1) is 0 Å². The molecule has 0 aromatic heterocycles. The number of hydrogen-bond acceptors (Lipinski definition) is 5. The Morgan fingerprint density at radius 3 is 2.00 bits per heavy atom. The van der Waals surface area contributed by atoms with Crippen LogP contribution in [-0.4, -0.2) is 53.0 Å². The summed E-state index contributed by atoms with van der Waals surface area (Å²) in [6.45, 7) is 15.8. The van der Waals surface area contributed by atoms with Gasteiger partial charge in [0.2, 0.25) is 5.91 Å². The van der Waals surface area contributed by atoms with Crippen LogP contribution < -0.4 is 10.6 Å². The monoisotopic (exact) mass is 597 g/mol. The van der Waals surface area contributed by atoms with Crippen LogP contribution in [0, 0.1) is 27.7 Å². The normalized spacial score (nSPS) is 12.8. The average molecular weight is 598 g/mol. The molecule has 232 valence electrons. The topological polar surface area (TPSA) is 87.7 Å². The van der Waals surface area contributed by atoms with E-state index in [0.717, 1.165) is 59.2 Å². The summed E-state index contributed by atoms with van der Waals surface area (Å²) >= 11 is 1.60. The van der Waals surface area contributed by atoms with Crippen LogP contribution in [0.1, 0.15) is 93.7 Å². The van der Waals surface area contributed by atoms with E-state index >= 15 is 0 Å². The van der Waals surface area contributed by atoms with Crippen LogP contribution in [0.25, 0.3) is 0 Å². The molecule has 0 fully saturated rings. The number of nitrogens with zero attached hydrogens (tertiary/aromatic N) is 1. The van der Waals surface area contributed by atoms with Crippen LogP contribution >= 0.6 is 11.8 Å². The molecule has 0 saturated heterocycles. The zero-order chi connectivity index (χ0) is 31.4. The van der Waals surface area contributed by atoms with E-state index in [2.05, 4.69) is 17.6 Å². The van der Waals surface area contributed by atoms with E-state index in [4.69, 9.17) is 4.74 Å². The summed E-state index contributed by atoms with van der Waals surface area (Å²) in [5.41, 5.74) is 4.63. The van der Waals surface area contributed by atoms with Crippen molar-refractivity contribution in [2.45, 2.75) is 105 Å². The first-order valence-corrected chi connectivity index (χ1v) is 16.4. The van der Waals surface area contributed by atoms with Crippen molar-refractivity contribution in [3.8, 4) is 0 Å². The summed E-state index contributed by atoms with van der Waals surface area (Å²) in [5.74, 6) is 0.115. The quantitative estimate of drug-likeness (QED) is 0.218. The van der Waals surface area contributed by atoms with E-state index in [9.17, 15) is 14.4 Å². The molecule has 0 aliphatic rings. The third-order valence-electron chi connectivity index (χ3n) is 7.24. The number of unbranched alkanes of at least 4 members (excludes halogenated alkanes) is 3. The summed E-state index contributed by atoms with van der Waals surface area (Å²) in [4.78, 5) is 43.4. The van der Waals surface area contributed by atoms with Crippen molar-refractivity contribution in [1.29, 1.82) is 0 Å². The third kappa shape index (κ3) is 10.4. The smallest absolute Gasteiger partial charge is 0.408 e. The summed E-state index contributed by atoms with van der Waals surface area (Å²) in [6.07, 6.45) is 5.52. The Morgan fingerprint density at radius 2 is 1.48 bits per heavy atom. The highest BCUT2D eigenvalue weighted by atomic mass is 32.2. The number of alkyl carbamates (subject to hydrolysis) is 1. The van der Waals surface area contributed by atoms with E-state index < -0.39 is 23.8 Å². The zero-order valence-electron chi connectivity index (χ0n) is 27.1. The van der Waals surface area contributed by atoms with Crippen molar-refractivity contribution in [1.82, 2.24) is 10.2 Å². The van der Waals surface area contributed by atoms with Gasteiger partial charge in [-0.15, -0.1) is 0 Å². The highest BCUT2D eigenvalue weighted by molar-refractivity contribution is 7.98. The molecule has 0 spiro atoms. The second-order valence-electron chi connectivity index (χ2n) is 12.0. The van der Waals surface area contributed by atoms with E-state index in [-0.39, 0.29) is 11.8 Å². The molecule has 3 amide bonds. The maximum atomic E-state index is 14.5. The van der Waals surface area contributed by atoms with Crippen LogP contribution in [0.2, 0.25) is 0 Å². The minimum Gasteiger partial charge on any atom is -0.444 e. The zero-order valence-corrected chi connectivity index (χ0v) is 27.9. The lowest BCUT2D eigenvalue weighted by atomic mass is 9.93. The van der Waals surface area contributed by atoms with Crippen molar-refractivity contribution in [2.24, 2.45) is 0 Å². The van der Waals surface area contributed by atoms with Gasteiger partial charge in [-0.3, -0.25) is 9.59 Å². The van der Waals surface area contributed by atoms with Crippen LogP contribution in [0.5, 0.6) is 0 Å². The molecular formula is C34H51N3O4S. The van der Waals surface area contributed by atoms with E-state index in [1.807, 2.05) is 70.3 Å². The van der Waals surface area contributed by atoms with Crippen LogP contribution in [0.4, 0.5) is 10.5 Å². The number of thioether (sulfide) groups is 1. The van der Waals surface area contributed by atoms with Gasteiger partial charge in [-0.2, -0.15) is 11.8 Å². The first-order chi connectivity index (χ1) is 19.8. The molecule has 2 aromatic rings. The van der Waals surface area contributed by atoms with Crippen LogP contribution in [-0.2, 0) is 14.3 Å². The van der Waals surface area contributed by atoms with Gasteiger partial charge in [0, 0.05) is 12.2 Å². The Balaban J connectivity index is 2.64. The lowest BCUT2D eigenvalue weighted by Crippen LogP contribution is -2.53. The minimum absolute atomic E-state index is 0.269. The number of para-hydroxylation sites is 1. The van der Waals surface area contributed by atoms with Crippen molar-refractivity contribution in [2.75, 3.05) is 23.9 Å². The Labute approximate surface area is 257 Å². The molecule has 8 heteroatoms. The molecular weight excluding hydrogens is 546 g/mol. The van der Waals surface area contributed by atoms with Gasteiger partial charge in [-0.1, -0.05) is 62.6 Å². The SMILES string of the molecule is CCCCCCN(C(=O)C(CCSC)NC(=O)OC(C)(C)C)C(C(=O)Nc1c(C)cccc1C)c1c(C)cccc1C. The highest BCUT2D eigenvalue weighted by Crippen LogP contribution is 2.31. The molecule has 2 unspecified atom stereocenters. The number of anilines is 1. The molecule has 42 heavy (non-hydrogen) atoms. The number of carbonyl (C=O) groups is 3. The van der Waals surface area contributed by atoms with Crippen molar-refractivity contribution >= 4 is 35.4 Å². The molecule has 2 rings (SSSR count). The fraction of sp³-hybridized carbons (Fsp3) is 0.559. The predicted molar refractivity (Wildman–Crippen MR) is 175 cm³/mol. The number of amides is 3. The Kier molecular flexibility index (Phi) is 13.9. The Bertz CT molecular complexity index is 1170. The third-order valence-corrected chi connectivity index (χ3v) is 7.88. The number of carbonyl (C=O) groups excluding carboxylic acids is 3. The number of benzene rings is 2. The Morgan fingerprint density at radius 1 is 0.905 bits per heavy atom. The first kappa shape index (κ1) is 35.2. The van der Waals surface area contributed by atoms with Gasteiger partial charge in [0.15, 0.2) is 0 Å². The van der Waals surface area contributed by atoms with Crippen molar-refractivity contribution < 1.29 is 19.1 Å². The number of aryl methyl sites for hydroxylation is 4. The van der Waals surface area contributed by atoms with Crippen molar-refractivity contribution in [3.63, 3.8) is 0 Å². The lowest BCUT2D eigenvalue weighted by Gasteiger charge is -2.36. The standard InChI is InChI=1S/C34H51N3O4S/c1-10-11-12-13-21-37(32(39)27(20-22-42-9)35-33(40)41-34(6,7)8)30(28-23(2)16-14-17-24(28)3)31(38)36-29-25(4)18-15-19-26(29)5/h14-19,27,30H,10-13,20-22H2,1-9H3,(H,35,40)(H,36,38). The van der Waals surface area contributed by atoms with Crippen LogP contribution in [0.3, 0.4) is 0 Å². The molecule has 2 aromatic carbocycles. The van der Waals surface area contributed by atoms with Crippen molar-refractivity contribution in [3.05, 3.63) is 64.2 Å². The van der Waals surface area contributed by atoms with Crippen LogP contribution in [0.15, 0.2) is 36.4 Å². The summed E-state index contributed by atoms with van der Waals surface area (Å²) in [6, 6.07) is 10.1. The molecule has 0 heterocycles. The summed E-state index contributed by atoms with van der Waals surface area (Å²) < 4.78 is 5.52. The molecule has 0 aliphatic carbocycles. The van der Waals surface area contributed by atoms with E-state index in [0.29, 0.717) is 18.7 Å². The number of nitrogens with one attached hydrogen (secondary N) is 2. The van der Waals surface area contributed by atoms with Gasteiger partial charge in [0.1, 0.15) is 17.7 Å². The molecule has 0 saturated carbocycles. The molecule has 0 bridgehead atoms. The fourth-order valence-electron chi connectivity index (χ4n) is 5.11. The van der Waals surface area contributed by atoms with Gasteiger partial charge >= 0.3 is 6.09 Å². The van der Waals surface area contributed by atoms with E-state index in [1.54, 1.807) is 37.4 Å². The fourth-order valence-corrected chi connectivity index (χ4v) is 5.58. The molecule has 7 nitrogen and oxygen atoms in total. The number of hydrogen-bond donors (Lipinski definition) is 2. The summed E-state index contributed by atoms with van der Waals surface area (Å²) in [7, 11) is 0. The van der Waals surface area contributed by atoms with Gasteiger partial charge in [0.25, 0.3) is 5.91 Å². The first-order valence-electron chi connectivity index (χ1n) is 15.0.